The van der Waals surface area contributed by atoms with Crippen LogP contribution in [0.25, 0.3) is 0 Å². The van der Waals surface area contributed by atoms with Gasteiger partial charge in [-0.15, -0.1) is 0 Å². The lowest BCUT2D eigenvalue weighted by Gasteiger charge is -2.21. The molecule has 2 heterocycles. The molecular formula is C14H24N4O. The Balaban J connectivity index is 1.79. The molecule has 1 aliphatic heterocycles. The summed E-state index contributed by atoms with van der Waals surface area (Å²) in [5.74, 6) is 0.707. The number of carbonyl (C=O) groups excluding carboxylic acids is 1. The Morgan fingerprint density at radius 1 is 1.53 bits per heavy atom. The Bertz CT molecular complexity index is 421. The van der Waals surface area contributed by atoms with Crippen LogP contribution < -0.4 is 10.6 Å². The number of nitrogens with one attached hydrogen (secondary N) is 2. The summed E-state index contributed by atoms with van der Waals surface area (Å²) in [5, 5.41) is 10.7. The molecule has 2 rings (SSSR count). The van der Waals surface area contributed by atoms with Crippen LogP contribution in [0.1, 0.15) is 37.4 Å². The number of nitrogens with zero attached hydrogens (tertiary/aromatic N) is 2. The monoisotopic (exact) mass is 264 g/mol. The molecule has 1 aliphatic rings. The molecular weight excluding hydrogens is 240 g/mol. The van der Waals surface area contributed by atoms with E-state index in [1.807, 2.05) is 17.9 Å². The highest BCUT2D eigenvalue weighted by Crippen LogP contribution is 2.15. The Labute approximate surface area is 114 Å². The maximum Gasteiger partial charge on any atom is 0.220 e. The van der Waals surface area contributed by atoms with E-state index in [9.17, 15) is 4.79 Å². The number of aryl methyl sites for hydroxylation is 2. The fraction of sp³-hybridized carbons (Fsp3) is 0.714. The van der Waals surface area contributed by atoms with Crippen molar-refractivity contribution in [2.24, 2.45) is 13.0 Å². The van der Waals surface area contributed by atoms with E-state index in [1.54, 1.807) is 0 Å². The summed E-state index contributed by atoms with van der Waals surface area (Å²) in [7, 11) is 1.92. The number of rotatable bonds is 5. The first-order valence-electron chi connectivity index (χ1n) is 7.17. The van der Waals surface area contributed by atoms with Gasteiger partial charge in [-0.1, -0.05) is 6.92 Å². The molecule has 0 aliphatic carbocycles. The molecule has 5 heteroatoms. The van der Waals surface area contributed by atoms with Gasteiger partial charge in [0.2, 0.25) is 5.91 Å². The van der Waals surface area contributed by atoms with Crippen LogP contribution in [0, 0.1) is 5.92 Å². The maximum atomic E-state index is 11.9. The van der Waals surface area contributed by atoms with Crippen molar-refractivity contribution in [1.29, 1.82) is 0 Å². The van der Waals surface area contributed by atoms with Crippen LogP contribution in [-0.4, -0.2) is 28.8 Å². The molecule has 1 aromatic rings. The molecule has 19 heavy (non-hydrogen) atoms. The van der Waals surface area contributed by atoms with Crippen LogP contribution in [0.4, 0.5) is 0 Å². The Morgan fingerprint density at radius 3 is 2.95 bits per heavy atom. The van der Waals surface area contributed by atoms with E-state index < -0.39 is 0 Å². The highest BCUT2D eigenvalue weighted by molar-refractivity contribution is 5.76. The van der Waals surface area contributed by atoms with Gasteiger partial charge in [0, 0.05) is 31.8 Å². The van der Waals surface area contributed by atoms with Crippen molar-refractivity contribution in [1.82, 2.24) is 20.4 Å². The van der Waals surface area contributed by atoms with Crippen molar-refractivity contribution in [2.75, 3.05) is 13.1 Å². The largest absolute Gasteiger partial charge is 0.352 e. The van der Waals surface area contributed by atoms with Crippen LogP contribution >= 0.6 is 0 Å². The third kappa shape index (κ3) is 4.06. The average Bonchev–Trinajstić information content (AvgIpc) is 2.78. The number of hydrogen-bond donors (Lipinski definition) is 2. The summed E-state index contributed by atoms with van der Waals surface area (Å²) >= 11 is 0. The number of aromatic nitrogens is 2. The topological polar surface area (TPSA) is 59.0 Å². The van der Waals surface area contributed by atoms with Crippen LogP contribution in [0.2, 0.25) is 0 Å². The van der Waals surface area contributed by atoms with Gasteiger partial charge in [0.05, 0.1) is 5.69 Å². The summed E-state index contributed by atoms with van der Waals surface area (Å²) in [5.41, 5.74) is 2.20. The highest BCUT2D eigenvalue weighted by atomic mass is 16.1. The van der Waals surface area contributed by atoms with E-state index in [4.69, 9.17) is 0 Å². The minimum absolute atomic E-state index is 0.165. The molecule has 1 amide bonds. The van der Waals surface area contributed by atoms with Gasteiger partial charge in [0.1, 0.15) is 0 Å². The molecule has 1 aromatic heterocycles. The summed E-state index contributed by atoms with van der Waals surface area (Å²) in [6, 6.07) is 0. The molecule has 0 unspecified atom stereocenters. The van der Waals surface area contributed by atoms with Crippen molar-refractivity contribution >= 4 is 5.91 Å². The van der Waals surface area contributed by atoms with Gasteiger partial charge in [-0.2, -0.15) is 5.10 Å². The molecule has 106 valence electrons. The normalized spacial score (nSPS) is 16.5. The zero-order valence-electron chi connectivity index (χ0n) is 11.9. The SMILES string of the molecule is CCc1nn(C)cc1CNC(=O)CC1CCNCC1. The van der Waals surface area contributed by atoms with Crippen LogP contribution in [0.15, 0.2) is 6.20 Å². The fourth-order valence-electron chi connectivity index (χ4n) is 2.64. The molecule has 0 saturated carbocycles. The second-order valence-electron chi connectivity index (χ2n) is 5.30. The first kappa shape index (κ1) is 14.1. The van der Waals surface area contributed by atoms with Crippen molar-refractivity contribution in [3.05, 3.63) is 17.5 Å². The van der Waals surface area contributed by atoms with Gasteiger partial charge < -0.3 is 10.6 Å². The Kier molecular flexibility index (Phi) is 4.96. The van der Waals surface area contributed by atoms with Gasteiger partial charge in [-0.3, -0.25) is 9.48 Å². The third-order valence-electron chi connectivity index (χ3n) is 3.74. The van der Waals surface area contributed by atoms with Crippen molar-refractivity contribution in [2.45, 2.75) is 39.2 Å². The van der Waals surface area contributed by atoms with Crippen molar-refractivity contribution in [3.63, 3.8) is 0 Å². The zero-order valence-corrected chi connectivity index (χ0v) is 11.9. The molecule has 5 nitrogen and oxygen atoms in total. The van der Waals surface area contributed by atoms with Crippen LogP contribution in [0.5, 0.6) is 0 Å². The minimum atomic E-state index is 0.165. The van der Waals surface area contributed by atoms with Gasteiger partial charge in [0.15, 0.2) is 0 Å². The fourth-order valence-corrected chi connectivity index (χ4v) is 2.64. The molecule has 1 saturated heterocycles. The second kappa shape index (κ2) is 6.70. The quantitative estimate of drug-likeness (QED) is 0.834. The average molecular weight is 264 g/mol. The zero-order chi connectivity index (χ0) is 13.7. The molecule has 0 aromatic carbocycles. The van der Waals surface area contributed by atoms with Crippen molar-refractivity contribution in [3.8, 4) is 0 Å². The lowest BCUT2D eigenvalue weighted by Crippen LogP contribution is -2.32. The minimum Gasteiger partial charge on any atom is -0.352 e. The second-order valence-corrected chi connectivity index (χ2v) is 5.30. The van der Waals surface area contributed by atoms with Gasteiger partial charge >= 0.3 is 0 Å². The Morgan fingerprint density at radius 2 is 2.26 bits per heavy atom. The van der Waals surface area contributed by atoms with Gasteiger partial charge in [0.25, 0.3) is 0 Å². The lowest BCUT2D eigenvalue weighted by molar-refractivity contribution is -0.122. The molecule has 0 radical (unpaired) electrons. The van der Waals surface area contributed by atoms with E-state index in [1.165, 1.54) is 0 Å². The van der Waals surface area contributed by atoms with Crippen molar-refractivity contribution < 1.29 is 4.79 Å². The third-order valence-corrected chi connectivity index (χ3v) is 3.74. The standard InChI is InChI=1S/C14H24N4O/c1-3-13-12(10-18(2)17-13)9-16-14(19)8-11-4-6-15-7-5-11/h10-11,15H,3-9H2,1-2H3,(H,16,19). The van der Waals surface area contributed by atoms with Crippen LogP contribution in [0.3, 0.4) is 0 Å². The Hall–Kier alpha value is -1.36. The summed E-state index contributed by atoms with van der Waals surface area (Å²) in [4.78, 5) is 11.9. The number of piperidine rings is 1. The smallest absolute Gasteiger partial charge is 0.220 e. The summed E-state index contributed by atoms with van der Waals surface area (Å²) in [6.45, 7) is 4.77. The summed E-state index contributed by atoms with van der Waals surface area (Å²) in [6.07, 6.45) is 5.77. The van der Waals surface area contributed by atoms with E-state index in [-0.39, 0.29) is 5.91 Å². The first-order chi connectivity index (χ1) is 9.19. The van der Waals surface area contributed by atoms with E-state index in [0.29, 0.717) is 18.9 Å². The maximum absolute atomic E-state index is 11.9. The number of carbonyl (C=O) groups is 1. The van der Waals surface area contributed by atoms with E-state index in [2.05, 4.69) is 22.7 Å². The molecule has 2 N–H and O–H groups in total. The number of hydrogen-bond acceptors (Lipinski definition) is 3. The predicted molar refractivity (Wildman–Crippen MR) is 74.6 cm³/mol. The van der Waals surface area contributed by atoms with E-state index in [0.717, 1.165) is 43.6 Å². The molecule has 1 fully saturated rings. The highest BCUT2D eigenvalue weighted by Gasteiger charge is 2.17. The van der Waals surface area contributed by atoms with Crippen LogP contribution in [-0.2, 0) is 24.8 Å². The van der Waals surface area contributed by atoms with Gasteiger partial charge in [-0.25, -0.2) is 0 Å². The molecule has 0 spiro atoms. The lowest BCUT2D eigenvalue weighted by atomic mass is 9.94. The molecule has 0 bridgehead atoms. The van der Waals surface area contributed by atoms with Gasteiger partial charge in [-0.05, 0) is 38.3 Å². The first-order valence-corrected chi connectivity index (χ1v) is 7.17. The predicted octanol–water partition coefficient (Wildman–Crippen LogP) is 0.988. The summed E-state index contributed by atoms with van der Waals surface area (Å²) < 4.78 is 1.81. The molecule has 0 atom stereocenters. The van der Waals surface area contributed by atoms with E-state index >= 15 is 0 Å². The number of amides is 1.